The van der Waals surface area contributed by atoms with Crippen LogP contribution in [0.3, 0.4) is 0 Å². The highest BCUT2D eigenvalue weighted by Crippen LogP contribution is 2.30. The van der Waals surface area contributed by atoms with Gasteiger partial charge in [0.15, 0.2) is 0 Å². The van der Waals surface area contributed by atoms with E-state index in [1.165, 1.54) is 0 Å². The highest BCUT2D eigenvalue weighted by Gasteiger charge is 2.30. The van der Waals surface area contributed by atoms with Gasteiger partial charge in [0.05, 0.1) is 22.7 Å². The molecule has 3 aromatic rings. The van der Waals surface area contributed by atoms with Crippen LogP contribution in [0.2, 0.25) is 5.02 Å². The average Bonchev–Trinajstić information content (AvgIpc) is 3.11. The number of carbonyl (C=O) groups is 1. The summed E-state index contributed by atoms with van der Waals surface area (Å²) in [4.78, 5) is 19.6. The van der Waals surface area contributed by atoms with Crippen LogP contribution in [-0.2, 0) is 5.41 Å². The minimum atomic E-state index is -0.201. The molecule has 1 unspecified atom stereocenters. The Morgan fingerprint density at radius 1 is 1.31 bits per heavy atom. The van der Waals surface area contributed by atoms with Gasteiger partial charge in [-0.2, -0.15) is 0 Å². The van der Waals surface area contributed by atoms with Crippen LogP contribution in [0.4, 0.5) is 0 Å². The lowest BCUT2D eigenvalue weighted by Gasteiger charge is -2.36. The Morgan fingerprint density at radius 2 is 2.10 bits per heavy atom. The maximum Gasteiger partial charge on any atom is 0.257 e. The van der Waals surface area contributed by atoms with Gasteiger partial charge in [0.25, 0.3) is 11.6 Å². The van der Waals surface area contributed by atoms with Crippen molar-refractivity contribution in [3.8, 4) is 0 Å². The Bertz CT molecular complexity index is 1030. The SMILES string of the molecule is CC(C)(C)c1noc2ncc(C(=O)N3CCNCC3c3cccc(Cl)c3)cc12.Cl. The van der Waals surface area contributed by atoms with Crippen LogP contribution in [0.25, 0.3) is 11.1 Å². The standard InChI is InChI=1S/C21H23ClN4O2.ClH/c1-21(2,3)18-16-10-14(11-24-19(16)28-25-18)20(27)26-8-7-23-12-17(26)13-5-4-6-15(22)9-13;/h4-6,9-11,17,23H,7-8,12H2,1-3H3;1H. The molecule has 0 radical (unpaired) electrons. The van der Waals surface area contributed by atoms with Crippen molar-refractivity contribution in [2.24, 2.45) is 0 Å². The molecule has 3 heterocycles. The lowest BCUT2D eigenvalue weighted by molar-refractivity contribution is 0.0634. The zero-order valence-corrected chi connectivity index (χ0v) is 18.2. The third-order valence-corrected chi connectivity index (χ3v) is 5.26. The second-order valence-electron chi connectivity index (χ2n) is 8.13. The number of rotatable bonds is 2. The Kier molecular flexibility index (Phi) is 6.17. The number of piperazine rings is 1. The van der Waals surface area contributed by atoms with Gasteiger partial charge in [-0.3, -0.25) is 4.79 Å². The molecule has 1 saturated heterocycles. The highest BCUT2D eigenvalue weighted by atomic mass is 35.5. The number of carbonyl (C=O) groups excluding carboxylic acids is 1. The number of aromatic nitrogens is 2. The first-order valence-corrected chi connectivity index (χ1v) is 9.75. The summed E-state index contributed by atoms with van der Waals surface area (Å²) in [6, 6.07) is 9.43. The van der Waals surface area contributed by atoms with Crippen molar-refractivity contribution < 1.29 is 9.32 Å². The molecular formula is C21H24Cl2N4O2. The summed E-state index contributed by atoms with van der Waals surface area (Å²) in [7, 11) is 0. The molecule has 0 saturated carbocycles. The van der Waals surface area contributed by atoms with E-state index in [0.29, 0.717) is 29.4 Å². The predicted molar refractivity (Wildman–Crippen MR) is 116 cm³/mol. The van der Waals surface area contributed by atoms with E-state index in [0.717, 1.165) is 23.2 Å². The third-order valence-electron chi connectivity index (χ3n) is 5.02. The third kappa shape index (κ3) is 4.25. The van der Waals surface area contributed by atoms with Crippen LogP contribution >= 0.6 is 24.0 Å². The smallest absolute Gasteiger partial charge is 0.257 e. The maximum absolute atomic E-state index is 13.4. The van der Waals surface area contributed by atoms with E-state index >= 15 is 0 Å². The van der Waals surface area contributed by atoms with E-state index in [4.69, 9.17) is 16.1 Å². The van der Waals surface area contributed by atoms with Crippen molar-refractivity contribution in [3.05, 3.63) is 58.4 Å². The minimum absolute atomic E-state index is 0. The number of fused-ring (bicyclic) bond motifs is 1. The van der Waals surface area contributed by atoms with Gasteiger partial charge in [0.2, 0.25) is 0 Å². The topological polar surface area (TPSA) is 71.3 Å². The van der Waals surface area contributed by atoms with Crippen LogP contribution in [0, 0.1) is 0 Å². The minimum Gasteiger partial charge on any atom is -0.336 e. The Morgan fingerprint density at radius 3 is 2.83 bits per heavy atom. The van der Waals surface area contributed by atoms with Crippen molar-refractivity contribution >= 4 is 41.0 Å². The summed E-state index contributed by atoms with van der Waals surface area (Å²) in [6.07, 6.45) is 1.57. The molecule has 1 atom stereocenters. The molecule has 6 nitrogen and oxygen atoms in total. The van der Waals surface area contributed by atoms with Gasteiger partial charge in [-0.15, -0.1) is 12.4 Å². The van der Waals surface area contributed by atoms with Gasteiger partial charge >= 0.3 is 0 Å². The number of amides is 1. The number of benzene rings is 1. The van der Waals surface area contributed by atoms with Crippen molar-refractivity contribution in [1.29, 1.82) is 0 Å². The molecule has 1 N–H and O–H groups in total. The zero-order chi connectivity index (χ0) is 19.9. The summed E-state index contributed by atoms with van der Waals surface area (Å²) >= 11 is 6.17. The van der Waals surface area contributed by atoms with E-state index in [1.54, 1.807) is 6.20 Å². The van der Waals surface area contributed by atoms with Crippen molar-refractivity contribution in [3.63, 3.8) is 0 Å². The van der Waals surface area contributed by atoms with Crippen LogP contribution in [0.1, 0.15) is 48.4 Å². The molecule has 0 aliphatic carbocycles. The van der Waals surface area contributed by atoms with Gasteiger partial charge in [0.1, 0.15) is 0 Å². The van der Waals surface area contributed by atoms with E-state index in [1.807, 2.05) is 35.2 Å². The Hall–Kier alpha value is -2.15. The Labute approximate surface area is 181 Å². The first-order chi connectivity index (χ1) is 13.3. The van der Waals surface area contributed by atoms with Gasteiger partial charge in [0, 0.05) is 36.3 Å². The van der Waals surface area contributed by atoms with Crippen LogP contribution < -0.4 is 5.32 Å². The Balaban J connectivity index is 0.00000240. The van der Waals surface area contributed by atoms with Crippen molar-refractivity contribution in [1.82, 2.24) is 20.4 Å². The molecule has 1 amide bonds. The largest absolute Gasteiger partial charge is 0.336 e. The number of hydrogen-bond donors (Lipinski definition) is 1. The van der Waals surface area contributed by atoms with Gasteiger partial charge < -0.3 is 14.7 Å². The van der Waals surface area contributed by atoms with Crippen molar-refractivity contribution in [2.75, 3.05) is 19.6 Å². The fourth-order valence-corrected chi connectivity index (χ4v) is 3.81. The van der Waals surface area contributed by atoms with Crippen LogP contribution in [-0.4, -0.2) is 40.6 Å². The first kappa shape index (κ1) is 21.6. The fraction of sp³-hybridized carbons (Fsp3) is 0.381. The first-order valence-electron chi connectivity index (χ1n) is 9.37. The van der Waals surface area contributed by atoms with E-state index < -0.39 is 0 Å². The lowest BCUT2D eigenvalue weighted by atomic mass is 9.90. The fourth-order valence-electron chi connectivity index (χ4n) is 3.62. The van der Waals surface area contributed by atoms with E-state index in [9.17, 15) is 4.79 Å². The molecule has 1 aliphatic heterocycles. The number of halogens is 2. The molecule has 29 heavy (non-hydrogen) atoms. The summed E-state index contributed by atoms with van der Waals surface area (Å²) < 4.78 is 5.35. The molecule has 2 aromatic heterocycles. The summed E-state index contributed by atoms with van der Waals surface area (Å²) in [5.41, 5.74) is 2.61. The van der Waals surface area contributed by atoms with E-state index in [-0.39, 0.29) is 29.8 Å². The summed E-state index contributed by atoms with van der Waals surface area (Å²) in [5.74, 6) is -0.0538. The number of pyridine rings is 1. The van der Waals surface area contributed by atoms with Gasteiger partial charge in [-0.25, -0.2) is 4.98 Å². The molecule has 1 fully saturated rings. The monoisotopic (exact) mass is 434 g/mol. The number of nitrogens with zero attached hydrogens (tertiary/aromatic N) is 3. The highest BCUT2D eigenvalue weighted by molar-refractivity contribution is 6.30. The molecule has 154 valence electrons. The van der Waals surface area contributed by atoms with Gasteiger partial charge in [-0.05, 0) is 23.8 Å². The maximum atomic E-state index is 13.4. The van der Waals surface area contributed by atoms with Gasteiger partial charge in [-0.1, -0.05) is 49.7 Å². The quantitative estimate of drug-likeness (QED) is 0.647. The summed E-state index contributed by atoms with van der Waals surface area (Å²) in [6.45, 7) is 8.23. The average molecular weight is 435 g/mol. The molecular weight excluding hydrogens is 411 g/mol. The number of hydrogen-bond acceptors (Lipinski definition) is 5. The van der Waals surface area contributed by atoms with Crippen molar-refractivity contribution in [2.45, 2.75) is 32.2 Å². The zero-order valence-electron chi connectivity index (χ0n) is 16.6. The van der Waals surface area contributed by atoms with Crippen LogP contribution in [0.15, 0.2) is 41.1 Å². The second-order valence-corrected chi connectivity index (χ2v) is 8.57. The van der Waals surface area contributed by atoms with E-state index in [2.05, 4.69) is 36.2 Å². The lowest BCUT2D eigenvalue weighted by Crippen LogP contribution is -2.48. The molecule has 8 heteroatoms. The normalized spacial score (nSPS) is 17.2. The molecule has 1 aliphatic rings. The second kappa shape index (κ2) is 8.30. The number of nitrogens with one attached hydrogen (secondary N) is 1. The molecule has 0 bridgehead atoms. The molecule has 4 rings (SSSR count). The van der Waals surface area contributed by atoms with Crippen LogP contribution in [0.5, 0.6) is 0 Å². The molecule has 0 spiro atoms. The molecule has 1 aromatic carbocycles. The predicted octanol–water partition coefficient (Wildman–Crippen LogP) is 4.38. The summed E-state index contributed by atoms with van der Waals surface area (Å²) in [5, 5.41) is 8.98.